The van der Waals surface area contributed by atoms with Crippen molar-refractivity contribution in [2.24, 2.45) is 0 Å². The van der Waals surface area contributed by atoms with Gasteiger partial charge in [-0.15, -0.1) is 11.8 Å². The Kier molecular flexibility index (Phi) is 3.99. The normalized spacial score (nSPS) is 15.3. The predicted octanol–water partition coefficient (Wildman–Crippen LogP) is 5.07. The molecule has 3 rings (SSSR count). The number of thioether (sulfide) groups is 1. The van der Waals surface area contributed by atoms with Gasteiger partial charge in [0.25, 0.3) is 0 Å². The molecule has 0 saturated heterocycles. The maximum Gasteiger partial charge on any atom is 0.150 e. The molecule has 0 amide bonds. The van der Waals surface area contributed by atoms with E-state index < -0.39 is 0 Å². The number of hydrogen-bond donors (Lipinski definition) is 0. The van der Waals surface area contributed by atoms with Gasteiger partial charge in [-0.3, -0.25) is 4.79 Å². The third-order valence-corrected chi connectivity index (χ3v) is 4.66. The zero-order chi connectivity index (χ0) is 15.7. The summed E-state index contributed by atoms with van der Waals surface area (Å²) in [6, 6.07) is 12.8. The first-order valence-electron chi connectivity index (χ1n) is 6.96. The second-order valence-electron chi connectivity index (χ2n) is 5.18. The molecule has 0 N–H and O–H groups in total. The fourth-order valence-electron chi connectivity index (χ4n) is 2.73. The highest BCUT2D eigenvalue weighted by Crippen LogP contribution is 2.41. The lowest BCUT2D eigenvalue weighted by molar-refractivity contribution is -0.103. The van der Waals surface area contributed by atoms with Crippen molar-refractivity contribution in [3.63, 3.8) is 0 Å². The number of fused-ring (bicyclic) bond motifs is 1. The zero-order valence-corrected chi connectivity index (χ0v) is 13.2. The molecule has 0 bridgehead atoms. The molecule has 0 spiro atoms. The van der Waals surface area contributed by atoms with Crippen molar-refractivity contribution >= 4 is 35.3 Å². The minimum atomic E-state index is -0.323. The van der Waals surface area contributed by atoms with Crippen LogP contribution in [0.4, 0.5) is 4.39 Å². The maximum atomic E-state index is 13.5. The van der Waals surface area contributed by atoms with Gasteiger partial charge in [0.1, 0.15) is 5.82 Å². The molecule has 1 aliphatic rings. The highest BCUT2D eigenvalue weighted by molar-refractivity contribution is 7.98. The predicted molar refractivity (Wildman–Crippen MR) is 91.2 cm³/mol. The zero-order valence-electron chi connectivity index (χ0n) is 12.4. The number of hydrogen-bond acceptors (Lipinski definition) is 2. The lowest BCUT2D eigenvalue weighted by Gasteiger charge is -2.05. The molecule has 2 aromatic rings. The second-order valence-corrected chi connectivity index (χ2v) is 6.06. The smallest absolute Gasteiger partial charge is 0.150 e. The largest absolute Gasteiger partial charge is 0.298 e. The van der Waals surface area contributed by atoms with Crippen LogP contribution in [0.15, 0.2) is 52.9 Å². The van der Waals surface area contributed by atoms with Gasteiger partial charge in [-0.25, -0.2) is 4.39 Å². The average molecular weight is 310 g/mol. The highest BCUT2D eigenvalue weighted by Gasteiger charge is 2.23. The molecule has 0 atom stereocenters. The fourth-order valence-corrected chi connectivity index (χ4v) is 3.14. The van der Waals surface area contributed by atoms with Crippen LogP contribution in [0.1, 0.15) is 23.6 Å². The standard InChI is InChI=1S/C19H15FOS/c1-12-17(9-13-3-6-15(22-2)7-4-13)16-8-5-14(20)10-18(16)19(12)11-21/h3-11H,1-2H3/b17-9-. The number of aldehydes is 1. The van der Waals surface area contributed by atoms with Crippen molar-refractivity contribution < 1.29 is 9.18 Å². The van der Waals surface area contributed by atoms with Crippen molar-refractivity contribution in [3.8, 4) is 0 Å². The summed E-state index contributed by atoms with van der Waals surface area (Å²) < 4.78 is 13.5. The summed E-state index contributed by atoms with van der Waals surface area (Å²) in [5.74, 6) is -0.323. The van der Waals surface area contributed by atoms with Crippen LogP contribution in [0.5, 0.6) is 0 Å². The minimum Gasteiger partial charge on any atom is -0.298 e. The molecular weight excluding hydrogens is 295 g/mol. The number of rotatable bonds is 3. The van der Waals surface area contributed by atoms with Crippen molar-refractivity contribution in [2.45, 2.75) is 11.8 Å². The summed E-state index contributed by atoms with van der Waals surface area (Å²) in [6.45, 7) is 1.91. The third-order valence-electron chi connectivity index (χ3n) is 3.91. The summed E-state index contributed by atoms with van der Waals surface area (Å²) >= 11 is 1.70. The summed E-state index contributed by atoms with van der Waals surface area (Å²) in [5.41, 5.74) is 5.10. The quantitative estimate of drug-likeness (QED) is 0.581. The molecule has 3 heteroatoms. The first kappa shape index (κ1) is 14.8. The number of halogens is 1. The lowest BCUT2D eigenvalue weighted by atomic mass is 10.0. The molecule has 110 valence electrons. The third kappa shape index (κ3) is 2.53. The summed E-state index contributed by atoms with van der Waals surface area (Å²) in [4.78, 5) is 12.6. The van der Waals surface area contributed by atoms with Gasteiger partial charge in [-0.2, -0.15) is 0 Å². The van der Waals surface area contributed by atoms with E-state index in [2.05, 4.69) is 12.1 Å². The Morgan fingerprint density at radius 2 is 1.77 bits per heavy atom. The molecule has 0 saturated carbocycles. The van der Waals surface area contributed by atoms with E-state index >= 15 is 0 Å². The lowest BCUT2D eigenvalue weighted by Crippen LogP contribution is -1.87. The molecule has 22 heavy (non-hydrogen) atoms. The van der Waals surface area contributed by atoms with Crippen LogP contribution in [0, 0.1) is 5.82 Å². The van der Waals surface area contributed by atoms with Gasteiger partial charge >= 0.3 is 0 Å². The van der Waals surface area contributed by atoms with Crippen molar-refractivity contribution in [1.29, 1.82) is 0 Å². The van der Waals surface area contributed by atoms with Crippen molar-refractivity contribution in [2.75, 3.05) is 6.26 Å². The Hall–Kier alpha value is -2.13. The van der Waals surface area contributed by atoms with Crippen LogP contribution in [0.3, 0.4) is 0 Å². The molecule has 0 aromatic heterocycles. The average Bonchev–Trinajstić information content (AvgIpc) is 2.79. The van der Waals surface area contributed by atoms with Gasteiger partial charge in [0, 0.05) is 10.5 Å². The maximum absolute atomic E-state index is 13.5. The monoisotopic (exact) mass is 310 g/mol. The molecule has 1 aliphatic carbocycles. The molecule has 0 aliphatic heterocycles. The van der Waals surface area contributed by atoms with Gasteiger partial charge in [-0.05, 0) is 71.4 Å². The van der Waals surface area contributed by atoms with Crippen LogP contribution in [-0.4, -0.2) is 12.5 Å². The van der Waals surface area contributed by atoms with E-state index in [0.717, 1.165) is 28.6 Å². The van der Waals surface area contributed by atoms with E-state index in [4.69, 9.17) is 0 Å². The molecule has 0 radical (unpaired) electrons. The van der Waals surface area contributed by atoms with Gasteiger partial charge in [0.15, 0.2) is 6.29 Å². The first-order chi connectivity index (χ1) is 10.6. The molecule has 1 nitrogen and oxygen atoms in total. The summed E-state index contributed by atoms with van der Waals surface area (Å²) in [5, 5.41) is 0. The van der Waals surface area contributed by atoms with Gasteiger partial charge in [0.2, 0.25) is 0 Å². The van der Waals surface area contributed by atoms with Crippen molar-refractivity contribution in [3.05, 3.63) is 70.5 Å². The van der Waals surface area contributed by atoms with Crippen molar-refractivity contribution in [1.82, 2.24) is 0 Å². The summed E-state index contributed by atoms with van der Waals surface area (Å²) in [6.07, 6.45) is 4.90. The van der Waals surface area contributed by atoms with E-state index in [1.807, 2.05) is 31.4 Å². The van der Waals surface area contributed by atoms with E-state index in [1.165, 1.54) is 17.0 Å². The van der Waals surface area contributed by atoms with Gasteiger partial charge in [-0.1, -0.05) is 18.2 Å². The summed E-state index contributed by atoms with van der Waals surface area (Å²) in [7, 11) is 0. The second kappa shape index (κ2) is 5.93. The minimum absolute atomic E-state index is 0.323. The van der Waals surface area contributed by atoms with E-state index in [-0.39, 0.29) is 5.82 Å². The van der Waals surface area contributed by atoms with E-state index in [0.29, 0.717) is 11.1 Å². The Balaban J connectivity index is 2.12. The first-order valence-corrected chi connectivity index (χ1v) is 8.19. The molecule has 0 unspecified atom stereocenters. The number of carbonyl (C=O) groups excluding carboxylic acids is 1. The Bertz CT molecular complexity index is 801. The molecule has 0 fully saturated rings. The molecule has 2 aromatic carbocycles. The highest BCUT2D eigenvalue weighted by atomic mass is 32.2. The van der Waals surface area contributed by atoms with Crippen LogP contribution in [0.25, 0.3) is 17.2 Å². The Labute approximate surface area is 133 Å². The van der Waals surface area contributed by atoms with E-state index in [9.17, 15) is 9.18 Å². The van der Waals surface area contributed by atoms with Crippen LogP contribution in [-0.2, 0) is 4.79 Å². The van der Waals surface area contributed by atoms with Crippen LogP contribution >= 0.6 is 11.8 Å². The number of carbonyl (C=O) groups is 1. The van der Waals surface area contributed by atoms with Gasteiger partial charge in [0.05, 0.1) is 0 Å². The number of benzene rings is 2. The van der Waals surface area contributed by atoms with E-state index in [1.54, 1.807) is 17.8 Å². The SMILES string of the molecule is CSc1ccc(/C=C2/C(C)=C(C=O)c3cc(F)ccc32)cc1. The number of allylic oxidation sites excluding steroid dienone is 3. The fraction of sp³-hybridized carbons (Fsp3) is 0.105. The Morgan fingerprint density at radius 3 is 2.41 bits per heavy atom. The molecular formula is C19H15FOS. The molecule has 0 heterocycles. The van der Waals surface area contributed by atoms with Crippen LogP contribution in [0.2, 0.25) is 0 Å². The topological polar surface area (TPSA) is 17.1 Å². The van der Waals surface area contributed by atoms with Crippen LogP contribution < -0.4 is 0 Å². The Morgan fingerprint density at radius 1 is 1.05 bits per heavy atom. The van der Waals surface area contributed by atoms with Gasteiger partial charge < -0.3 is 0 Å².